The van der Waals surface area contributed by atoms with E-state index in [-0.39, 0.29) is 44.4 Å². The van der Waals surface area contributed by atoms with Gasteiger partial charge >= 0.3 is 32.0 Å². The maximum Gasteiger partial charge on any atom is 0 e. The molecule has 0 heterocycles. The van der Waals surface area contributed by atoms with Gasteiger partial charge in [0.25, 0.3) is 0 Å². The second-order valence-corrected chi connectivity index (χ2v) is 0. The van der Waals surface area contributed by atoms with Crippen LogP contribution >= 0.6 is 0 Å². The fourth-order valence-corrected chi connectivity index (χ4v) is 0. The van der Waals surface area contributed by atoms with Crippen molar-refractivity contribution >= 4 is 0 Å². The van der Waals surface area contributed by atoms with Crippen LogP contribution in [0.4, 0.5) is 0 Å². The van der Waals surface area contributed by atoms with Crippen LogP contribution in [0, 0.1) is 0 Å². The van der Waals surface area contributed by atoms with Crippen molar-refractivity contribution in [3.8, 4) is 0 Å². The van der Waals surface area contributed by atoms with Crippen molar-refractivity contribution in [2.75, 3.05) is 0 Å². The Morgan fingerprint density at radius 3 is 1.25 bits per heavy atom. The predicted octanol–water partition coefficient (Wildman–Crippen LogP) is -0.0100. The van der Waals surface area contributed by atoms with Crippen LogP contribution in [-0.2, 0) is 76.4 Å². The van der Waals surface area contributed by atoms with E-state index in [1.807, 2.05) is 0 Å². The molecule has 0 N–H and O–H groups in total. The van der Waals surface area contributed by atoms with Crippen LogP contribution < -0.4 is 0 Å². The van der Waals surface area contributed by atoms with E-state index in [2.05, 4.69) is 13.1 Å². The average Bonchev–Trinajstić information content (AvgIpc) is 1.00. The number of rotatable bonds is 0. The number of hydrogen-bond acceptors (Lipinski definition) is 0. The summed E-state index contributed by atoms with van der Waals surface area (Å²) in [6.07, 6.45) is 0. The van der Waals surface area contributed by atoms with Gasteiger partial charge in [-0.2, -0.15) is 0 Å². The third kappa shape index (κ3) is 8.83. The Balaban J connectivity index is -0.00000000500. The molecule has 4 heavy (non-hydrogen) atoms. The molecule has 0 saturated heterocycles. The van der Waals surface area contributed by atoms with Crippen LogP contribution in [0.3, 0.4) is 0 Å². The Morgan fingerprint density at radius 1 is 1.25 bits per heavy atom. The van der Waals surface area contributed by atoms with Crippen molar-refractivity contribution in [1.29, 1.82) is 0 Å². The van der Waals surface area contributed by atoms with Crippen LogP contribution in [0.15, 0.2) is 0 Å². The van der Waals surface area contributed by atoms with E-state index in [1.54, 1.807) is 0 Å². The molecule has 0 aromatic carbocycles. The summed E-state index contributed by atoms with van der Waals surface area (Å²) in [7, 11) is 0. The standard InChI is InChI=1S/Fe.Nb.Sc.V. The van der Waals surface area contributed by atoms with Gasteiger partial charge in [-0.15, -0.1) is 0 Å². The average molecular weight is 245 g/mol. The summed E-state index contributed by atoms with van der Waals surface area (Å²) < 4.78 is 0. The van der Waals surface area contributed by atoms with Gasteiger partial charge in [0, 0.05) is 44.4 Å². The summed E-state index contributed by atoms with van der Waals surface area (Å²) in [5.41, 5.74) is 0. The smallest absolute Gasteiger partial charge is 0 e. The summed E-state index contributed by atoms with van der Waals surface area (Å²) >= 11 is 4.80. The van der Waals surface area contributed by atoms with Gasteiger partial charge in [0.15, 0.2) is 0 Å². The molecule has 0 saturated carbocycles. The fraction of sp³-hybridized carbons (Fsp3) is 0. The molecule has 0 aliphatic carbocycles. The summed E-state index contributed by atoms with van der Waals surface area (Å²) in [6.45, 7) is 0. The molecule has 2 radical (unpaired) electrons. The molecule has 0 atom stereocenters. The van der Waals surface area contributed by atoms with E-state index in [0.717, 1.165) is 0 Å². The maximum absolute atomic E-state index is 3.30. The second-order valence-electron chi connectivity index (χ2n) is 0. The molecule has 0 fully saturated rings. The third-order valence-electron chi connectivity index (χ3n) is 0. The van der Waals surface area contributed by atoms with Gasteiger partial charge < -0.3 is 0 Å². The zero-order valence-electron chi connectivity index (χ0n) is 1.83. The molecule has 0 spiro atoms. The maximum atomic E-state index is 3.30. The molecule has 21 valence electrons. The number of hydrogen-bond donors (Lipinski definition) is 0. The van der Waals surface area contributed by atoms with Crippen LogP contribution in [-0.4, -0.2) is 0 Å². The van der Waals surface area contributed by atoms with Gasteiger partial charge in [0.05, 0.1) is 0 Å². The Kier molecular flexibility index (Phi) is 68.5. The molecule has 0 aliphatic heterocycles. The first-order valence-corrected chi connectivity index (χ1v) is 3.86. The van der Waals surface area contributed by atoms with Crippen LogP contribution in [0.25, 0.3) is 0 Å². The van der Waals surface area contributed by atoms with Crippen molar-refractivity contribution in [2.24, 2.45) is 0 Å². The molecular formula is FeNbScV. The molecule has 4 heteroatoms. The zero-order chi connectivity index (χ0) is 2.00. The van der Waals surface area contributed by atoms with E-state index in [1.165, 1.54) is 18.9 Å². The first-order valence-electron chi connectivity index (χ1n) is 0.158. The third-order valence-corrected chi connectivity index (χ3v) is 0. The quantitative estimate of drug-likeness (QED) is 0.526. The summed E-state index contributed by atoms with van der Waals surface area (Å²) in [5, 5.41) is 0. The second kappa shape index (κ2) is 17.2. The molecule has 0 nitrogen and oxygen atoms in total. The first kappa shape index (κ1) is 15.9. The summed E-state index contributed by atoms with van der Waals surface area (Å²) in [4.78, 5) is 0. The van der Waals surface area contributed by atoms with Gasteiger partial charge in [-0.05, 0) is 0 Å². The molecule has 0 aromatic rings. The van der Waals surface area contributed by atoms with E-state index in [9.17, 15) is 0 Å². The van der Waals surface area contributed by atoms with Crippen molar-refractivity contribution < 1.29 is 76.4 Å². The van der Waals surface area contributed by atoms with E-state index >= 15 is 0 Å². The van der Waals surface area contributed by atoms with Crippen molar-refractivity contribution in [2.45, 2.75) is 0 Å². The topological polar surface area (TPSA) is 0 Å². The normalized spacial score (nSPS) is 1.25. The molecule has 0 unspecified atom stereocenters. The van der Waals surface area contributed by atoms with Crippen molar-refractivity contribution in [1.82, 2.24) is 0 Å². The van der Waals surface area contributed by atoms with Crippen molar-refractivity contribution in [3.05, 3.63) is 0 Å². The van der Waals surface area contributed by atoms with Crippen LogP contribution in [0.2, 0.25) is 0 Å². The van der Waals surface area contributed by atoms with Crippen LogP contribution in [0.5, 0.6) is 0 Å². The monoisotopic (exact) mass is 245 g/mol. The molecule has 0 aromatic heterocycles. The van der Waals surface area contributed by atoms with E-state index in [0.29, 0.717) is 0 Å². The molecule has 0 bridgehead atoms. The minimum Gasteiger partial charge on any atom is 0 e. The summed E-state index contributed by atoms with van der Waals surface area (Å²) in [6, 6.07) is 0. The Labute approximate surface area is 75.1 Å². The molecule has 0 rings (SSSR count). The van der Waals surface area contributed by atoms with Gasteiger partial charge in [0.1, 0.15) is 0 Å². The SMILES string of the molecule is [Fe][Nb].[Sc].[V]. The molecule has 0 aliphatic rings. The van der Waals surface area contributed by atoms with Gasteiger partial charge in [-0.3, -0.25) is 0 Å². The largest absolute Gasteiger partial charge is 0 e. The van der Waals surface area contributed by atoms with Crippen molar-refractivity contribution in [3.63, 3.8) is 0 Å². The molecular weight excluding hydrogens is 245 g/mol. The van der Waals surface area contributed by atoms with Gasteiger partial charge in [-0.1, -0.05) is 0 Å². The zero-order valence-corrected chi connectivity index (χ0v) is 8.33. The van der Waals surface area contributed by atoms with Crippen LogP contribution in [0.1, 0.15) is 0 Å². The Morgan fingerprint density at radius 2 is 1.25 bits per heavy atom. The van der Waals surface area contributed by atoms with Gasteiger partial charge in [-0.25, -0.2) is 0 Å². The van der Waals surface area contributed by atoms with Gasteiger partial charge in [0.2, 0.25) is 0 Å². The fourth-order valence-electron chi connectivity index (χ4n) is 0. The minimum atomic E-state index is 0. The van der Waals surface area contributed by atoms with E-state index in [4.69, 9.17) is 0 Å². The Bertz CT molecular complexity index is 8.00. The minimum absolute atomic E-state index is 0. The van der Waals surface area contributed by atoms with E-state index < -0.39 is 0 Å². The Hall–Kier alpha value is 2.71. The summed E-state index contributed by atoms with van der Waals surface area (Å²) in [5.74, 6) is 0. The first-order chi connectivity index (χ1) is 1.00. The molecule has 0 amide bonds. The predicted molar refractivity (Wildman–Crippen MR) is 0 cm³/mol.